The minimum Gasteiger partial charge on any atom is -0.479 e. The number of carboxylic acids is 1. The largest absolute Gasteiger partial charge is 0.479 e. The third-order valence-electron chi connectivity index (χ3n) is 2.90. The van der Waals surface area contributed by atoms with E-state index in [1.807, 2.05) is 30.1 Å². The fraction of sp³-hybridized carbons (Fsp3) is 0.364. The van der Waals surface area contributed by atoms with Gasteiger partial charge in [0.05, 0.1) is 6.54 Å². The van der Waals surface area contributed by atoms with Crippen molar-refractivity contribution in [1.82, 2.24) is 0 Å². The number of methoxy groups -OCH3 is 1. The van der Waals surface area contributed by atoms with E-state index in [4.69, 9.17) is 4.74 Å². The number of likely N-dealkylation sites (N-methyl/N-ethyl adjacent to an activating group) is 1. The second-order valence-corrected chi connectivity index (χ2v) is 3.71. The van der Waals surface area contributed by atoms with Crippen molar-refractivity contribution in [3.8, 4) is 0 Å². The standard InChI is InChI=1S/C11H13NO3/c1-12-7-11(15-2,10(13)14)8-5-3-4-6-9(8)12/h3-6H,7H2,1-2H3,(H,13,14). The highest BCUT2D eigenvalue weighted by atomic mass is 16.5. The van der Waals surface area contributed by atoms with Crippen molar-refractivity contribution in [1.29, 1.82) is 0 Å². The number of ether oxygens (including phenoxy) is 1. The first kappa shape index (κ1) is 9.98. The molecule has 80 valence electrons. The van der Waals surface area contributed by atoms with Gasteiger partial charge in [0.1, 0.15) is 0 Å². The van der Waals surface area contributed by atoms with E-state index in [0.717, 1.165) is 11.3 Å². The molecule has 0 amide bonds. The number of aliphatic carboxylic acids is 1. The van der Waals surface area contributed by atoms with Crippen LogP contribution in [0.25, 0.3) is 0 Å². The number of hydrogen-bond donors (Lipinski definition) is 1. The molecule has 0 saturated carbocycles. The molecule has 0 radical (unpaired) electrons. The van der Waals surface area contributed by atoms with Gasteiger partial charge in [-0.3, -0.25) is 0 Å². The Morgan fingerprint density at radius 1 is 1.53 bits per heavy atom. The van der Waals surface area contributed by atoms with Crippen molar-refractivity contribution in [2.45, 2.75) is 5.60 Å². The summed E-state index contributed by atoms with van der Waals surface area (Å²) in [6, 6.07) is 7.42. The highest BCUT2D eigenvalue weighted by Gasteiger charge is 2.48. The van der Waals surface area contributed by atoms with Gasteiger partial charge in [-0.15, -0.1) is 0 Å². The van der Waals surface area contributed by atoms with Gasteiger partial charge in [-0.1, -0.05) is 18.2 Å². The Labute approximate surface area is 88.1 Å². The summed E-state index contributed by atoms with van der Waals surface area (Å²) >= 11 is 0. The van der Waals surface area contributed by atoms with Crippen LogP contribution in [0.4, 0.5) is 5.69 Å². The lowest BCUT2D eigenvalue weighted by atomic mass is 9.96. The zero-order valence-corrected chi connectivity index (χ0v) is 8.73. The molecule has 1 aliphatic rings. The molecule has 1 heterocycles. The van der Waals surface area contributed by atoms with Crippen LogP contribution in [0.5, 0.6) is 0 Å². The van der Waals surface area contributed by atoms with Gasteiger partial charge in [0.15, 0.2) is 0 Å². The van der Waals surface area contributed by atoms with Crippen LogP contribution >= 0.6 is 0 Å². The van der Waals surface area contributed by atoms with Crippen LogP contribution in [0.3, 0.4) is 0 Å². The smallest absolute Gasteiger partial charge is 0.342 e. The zero-order chi connectivity index (χ0) is 11.1. The van der Waals surface area contributed by atoms with Crippen LogP contribution in [0.1, 0.15) is 5.56 Å². The summed E-state index contributed by atoms with van der Waals surface area (Å²) < 4.78 is 5.22. The Morgan fingerprint density at radius 3 is 2.80 bits per heavy atom. The highest BCUT2D eigenvalue weighted by Crippen LogP contribution is 2.40. The number of benzene rings is 1. The molecule has 4 heteroatoms. The molecule has 0 bridgehead atoms. The zero-order valence-electron chi connectivity index (χ0n) is 8.73. The van der Waals surface area contributed by atoms with Crippen LogP contribution in [0.2, 0.25) is 0 Å². The van der Waals surface area contributed by atoms with E-state index in [2.05, 4.69) is 0 Å². The van der Waals surface area contributed by atoms with Crippen LogP contribution in [0.15, 0.2) is 24.3 Å². The summed E-state index contributed by atoms with van der Waals surface area (Å²) in [5.41, 5.74) is 0.426. The summed E-state index contributed by atoms with van der Waals surface area (Å²) in [7, 11) is 3.30. The van der Waals surface area contributed by atoms with E-state index in [1.165, 1.54) is 7.11 Å². The Morgan fingerprint density at radius 2 is 2.20 bits per heavy atom. The Bertz CT molecular complexity index is 405. The van der Waals surface area contributed by atoms with Gasteiger partial charge in [-0.25, -0.2) is 4.79 Å². The summed E-state index contributed by atoms with van der Waals surface area (Å²) in [6.45, 7) is 0.345. The molecule has 1 aromatic rings. The van der Waals surface area contributed by atoms with Crippen molar-refractivity contribution in [2.75, 3.05) is 25.6 Å². The topological polar surface area (TPSA) is 49.8 Å². The van der Waals surface area contributed by atoms with Gasteiger partial charge in [0, 0.05) is 25.4 Å². The highest BCUT2D eigenvalue weighted by molar-refractivity contribution is 5.86. The number of hydrogen-bond acceptors (Lipinski definition) is 3. The predicted octanol–water partition coefficient (Wildman–Crippen LogP) is 1.06. The number of carboxylic acid groups (broad SMARTS) is 1. The SMILES string of the molecule is COC1(C(=O)O)CN(C)c2ccccc21. The van der Waals surface area contributed by atoms with E-state index in [0.29, 0.717) is 6.54 Å². The van der Waals surface area contributed by atoms with Crippen LogP contribution < -0.4 is 4.90 Å². The van der Waals surface area contributed by atoms with E-state index >= 15 is 0 Å². The average molecular weight is 207 g/mol. The number of fused-ring (bicyclic) bond motifs is 1. The van der Waals surface area contributed by atoms with Gasteiger partial charge in [-0.2, -0.15) is 0 Å². The lowest BCUT2D eigenvalue weighted by Gasteiger charge is -2.23. The normalized spacial score (nSPS) is 24.0. The molecule has 0 saturated heterocycles. The van der Waals surface area contributed by atoms with Gasteiger partial charge in [-0.05, 0) is 6.07 Å². The summed E-state index contributed by atoms with van der Waals surface area (Å²) in [5.74, 6) is -0.943. The fourth-order valence-corrected chi connectivity index (χ4v) is 2.10. The first-order valence-electron chi connectivity index (χ1n) is 4.71. The molecule has 15 heavy (non-hydrogen) atoms. The third-order valence-corrected chi connectivity index (χ3v) is 2.90. The Balaban J connectivity index is 2.60. The molecular formula is C11H13NO3. The van der Waals surface area contributed by atoms with Crippen molar-refractivity contribution >= 4 is 11.7 Å². The van der Waals surface area contributed by atoms with Crippen LogP contribution in [-0.2, 0) is 15.1 Å². The minimum atomic E-state index is -1.22. The fourth-order valence-electron chi connectivity index (χ4n) is 2.10. The summed E-state index contributed by atoms with van der Waals surface area (Å²) in [4.78, 5) is 13.2. The quantitative estimate of drug-likeness (QED) is 0.787. The monoisotopic (exact) mass is 207 g/mol. The molecule has 4 nitrogen and oxygen atoms in total. The first-order valence-corrected chi connectivity index (χ1v) is 4.71. The van der Waals surface area contributed by atoms with E-state index in [-0.39, 0.29) is 0 Å². The number of nitrogens with zero attached hydrogens (tertiary/aromatic N) is 1. The van der Waals surface area contributed by atoms with Gasteiger partial charge in [0.2, 0.25) is 5.60 Å². The molecular weight excluding hydrogens is 194 g/mol. The number of carbonyl (C=O) groups is 1. The lowest BCUT2D eigenvalue weighted by molar-refractivity contribution is -0.161. The molecule has 2 rings (SSSR count). The van der Waals surface area contributed by atoms with E-state index in [9.17, 15) is 9.90 Å². The Kier molecular flexibility index (Phi) is 2.16. The molecule has 0 aromatic heterocycles. The molecule has 1 aromatic carbocycles. The van der Waals surface area contributed by atoms with E-state index < -0.39 is 11.6 Å². The number of rotatable bonds is 2. The molecule has 0 aliphatic carbocycles. The van der Waals surface area contributed by atoms with E-state index in [1.54, 1.807) is 6.07 Å². The van der Waals surface area contributed by atoms with Gasteiger partial charge < -0.3 is 14.7 Å². The maximum atomic E-state index is 11.3. The lowest BCUT2D eigenvalue weighted by Crippen LogP contribution is -2.41. The molecule has 1 N–H and O–H groups in total. The maximum absolute atomic E-state index is 11.3. The minimum absolute atomic E-state index is 0.345. The first-order chi connectivity index (χ1) is 7.12. The van der Waals surface area contributed by atoms with Crippen molar-refractivity contribution in [3.05, 3.63) is 29.8 Å². The maximum Gasteiger partial charge on any atom is 0.342 e. The average Bonchev–Trinajstić information content (AvgIpc) is 2.54. The summed E-state index contributed by atoms with van der Waals surface area (Å²) in [5, 5.41) is 9.28. The predicted molar refractivity (Wildman–Crippen MR) is 56.0 cm³/mol. The molecule has 1 unspecified atom stereocenters. The van der Waals surface area contributed by atoms with Gasteiger partial charge in [0.25, 0.3) is 0 Å². The van der Waals surface area contributed by atoms with Crippen LogP contribution in [-0.4, -0.2) is 31.8 Å². The van der Waals surface area contributed by atoms with Crippen LogP contribution in [0, 0.1) is 0 Å². The van der Waals surface area contributed by atoms with Crippen molar-refractivity contribution in [2.24, 2.45) is 0 Å². The number of anilines is 1. The van der Waals surface area contributed by atoms with Crippen molar-refractivity contribution < 1.29 is 14.6 Å². The molecule has 1 atom stereocenters. The molecule has 0 fully saturated rings. The number of para-hydroxylation sites is 1. The van der Waals surface area contributed by atoms with Crippen molar-refractivity contribution in [3.63, 3.8) is 0 Å². The third kappa shape index (κ3) is 1.22. The second-order valence-electron chi connectivity index (χ2n) is 3.71. The summed E-state index contributed by atoms with van der Waals surface area (Å²) in [6.07, 6.45) is 0. The Hall–Kier alpha value is -1.55. The molecule has 1 aliphatic heterocycles. The van der Waals surface area contributed by atoms with Gasteiger partial charge >= 0.3 is 5.97 Å². The second kappa shape index (κ2) is 3.24. The molecule has 0 spiro atoms.